The Morgan fingerprint density at radius 3 is 2.26 bits per heavy atom. The number of benzene rings is 4. The molecule has 192 valence electrons. The molecule has 0 unspecified atom stereocenters. The summed E-state index contributed by atoms with van der Waals surface area (Å²) in [5.74, 6) is -0.0560. The zero-order chi connectivity index (χ0) is 26.5. The molecule has 0 spiro atoms. The summed E-state index contributed by atoms with van der Waals surface area (Å²) in [6.07, 6.45) is -1.96. The summed E-state index contributed by atoms with van der Waals surface area (Å²) < 4.78 is 6.73. The van der Waals surface area contributed by atoms with E-state index in [1.54, 1.807) is 30.3 Å². The lowest BCUT2D eigenvalue weighted by Gasteiger charge is -2.40. The van der Waals surface area contributed by atoms with Crippen molar-refractivity contribution in [3.8, 4) is 5.75 Å². The van der Waals surface area contributed by atoms with Crippen molar-refractivity contribution in [3.63, 3.8) is 0 Å². The van der Waals surface area contributed by atoms with Crippen molar-refractivity contribution >= 4 is 23.4 Å². The quantitative estimate of drug-likeness (QED) is 0.294. The van der Waals surface area contributed by atoms with Gasteiger partial charge in [-0.15, -0.1) is 0 Å². The number of carbonyl (C=O) groups is 1. The van der Waals surface area contributed by atoms with Gasteiger partial charge in [-0.25, -0.2) is 4.79 Å². The number of fused-ring (bicyclic) bond motifs is 3. The molecule has 1 saturated carbocycles. The van der Waals surface area contributed by atoms with Gasteiger partial charge in [0.1, 0.15) is 5.75 Å². The van der Waals surface area contributed by atoms with E-state index in [9.17, 15) is 20.1 Å². The summed E-state index contributed by atoms with van der Waals surface area (Å²) in [7, 11) is 0. The fourth-order valence-electron chi connectivity index (χ4n) is 6.12. The Kier molecular flexibility index (Phi) is 5.91. The highest BCUT2D eigenvalue weighted by atomic mass is 35.5. The van der Waals surface area contributed by atoms with Crippen molar-refractivity contribution in [2.24, 2.45) is 0 Å². The zero-order valence-corrected chi connectivity index (χ0v) is 21.1. The summed E-state index contributed by atoms with van der Waals surface area (Å²) >= 11 is 6.20. The van der Waals surface area contributed by atoms with Gasteiger partial charge in [-0.3, -0.25) is 4.90 Å². The maximum atomic E-state index is 12.4. The average molecular weight is 528 g/mol. The van der Waals surface area contributed by atoms with Crippen LogP contribution >= 0.6 is 11.6 Å². The third-order valence-corrected chi connectivity index (χ3v) is 8.10. The molecule has 1 heterocycles. The first-order chi connectivity index (χ1) is 18.3. The second-order valence-corrected chi connectivity index (χ2v) is 10.3. The van der Waals surface area contributed by atoms with Crippen LogP contribution in [-0.4, -0.2) is 27.5 Å². The van der Waals surface area contributed by atoms with Gasteiger partial charge in [-0.2, -0.15) is 0 Å². The van der Waals surface area contributed by atoms with E-state index in [1.165, 1.54) is 4.90 Å². The number of carboxylic acid groups (broad SMARTS) is 1. The molecule has 6 rings (SSSR count). The molecule has 7 heteroatoms. The lowest BCUT2D eigenvalue weighted by molar-refractivity contribution is -0.149. The Balaban J connectivity index is 1.50. The van der Waals surface area contributed by atoms with Crippen LogP contribution < -0.4 is 9.64 Å². The van der Waals surface area contributed by atoms with Gasteiger partial charge in [0, 0.05) is 22.6 Å². The molecule has 4 aromatic rings. The molecule has 4 atom stereocenters. The third kappa shape index (κ3) is 3.60. The van der Waals surface area contributed by atoms with Gasteiger partial charge in [0.2, 0.25) is 0 Å². The highest BCUT2D eigenvalue weighted by Gasteiger charge is 2.72. The maximum absolute atomic E-state index is 12.4. The average Bonchev–Trinajstić information content (AvgIpc) is 3.33. The standard InChI is InChI=1S/C31H26ClNO5/c32-23-13-11-22(12-14-23)31-26(21-9-5-2-6-10-21)18-28(34)30(31,37)25-16-15-24(17-27(25)38-31)33(29(35)36)19-20-7-3-1-4-8-20/h1-17,26,28,34,37H,18-19H2,(H,35,36)/t26-,28+,30-,31-/m1/s1. The van der Waals surface area contributed by atoms with Crippen molar-refractivity contribution in [3.05, 3.63) is 130 Å². The van der Waals surface area contributed by atoms with Crippen LogP contribution in [-0.2, 0) is 17.7 Å². The third-order valence-electron chi connectivity index (χ3n) is 7.85. The zero-order valence-electron chi connectivity index (χ0n) is 20.4. The lowest BCUT2D eigenvalue weighted by atomic mass is 9.71. The number of aliphatic hydroxyl groups excluding tert-OH is 1. The molecular weight excluding hydrogens is 502 g/mol. The first-order valence-electron chi connectivity index (χ1n) is 12.4. The van der Waals surface area contributed by atoms with Gasteiger partial charge in [-0.1, -0.05) is 90.5 Å². The van der Waals surface area contributed by atoms with E-state index in [1.807, 2.05) is 72.8 Å². The predicted molar refractivity (Wildman–Crippen MR) is 145 cm³/mol. The Bertz CT molecular complexity index is 1480. The highest BCUT2D eigenvalue weighted by Crippen LogP contribution is 2.66. The highest BCUT2D eigenvalue weighted by molar-refractivity contribution is 6.30. The number of hydrogen-bond donors (Lipinski definition) is 3. The molecule has 0 saturated heterocycles. The maximum Gasteiger partial charge on any atom is 0.412 e. The van der Waals surface area contributed by atoms with Gasteiger partial charge in [0.05, 0.1) is 18.3 Å². The molecule has 1 amide bonds. The second-order valence-electron chi connectivity index (χ2n) is 9.86. The minimum absolute atomic E-state index is 0.150. The molecule has 4 aromatic carbocycles. The van der Waals surface area contributed by atoms with Gasteiger partial charge >= 0.3 is 6.09 Å². The first kappa shape index (κ1) is 24.5. The van der Waals surface area contributed by atoms with Crippen LogP contribution in [0.15, 0.2) is 103 Å². The smallest absolute Gasteiger partial charge is 0.412 e. The van der Waals surface area contributed by atoms with Crippen LogP contribution in [0.2, 0.25) is 5.02 Å². The number of ether oxygens (including phenoxy) is 1. The lowest BCUT2D eigenvalue weighted by Crippen LogP contribution is -2.51. The topological polar surface area (TPSA) is 90.2 Å². The largest absolute Gasteiger partial charge is 0.478 e. The SMILES string of the molecule is O=C(O)N(Cc1ccccc1)c1ccc2c(c1)O[C@]1(c3ccc(Cl)cc3)[C@@H](c3ccccc3)C[C@H](O)[C@]21O. The van der Waals surface area contributed by atoms with E-state index in [0.29, 0.717) is 27.6 Å². The molecular formula is C31H26ClNO5. The van der Waals surface area contributed by atoms with Crippen molar-refractivity contribution in [1.82, 2.24) is 0 Å². The molecule has 0 bridgehead atoms. The minimum atomic E-state index is -1.78. The second kappa shape index (κ2) is 9.17. The summed E-state index contributed by atoms with van der Waals surface area (Å²) in [4.78, 5) is 13.5. The minimum Gasteiger partial charge on any atom is -0.478 e. The first-order valence-corrected chi connectivity index (χ1v) is 12.8. The van der Waals surface area contributed by atoms with Crippen LogP contribution in [0, 0.1) is 0 Å². The molecule has 1 aliphatic carbocycles. The monoisotopic (exact) mass is 527 g/mol. The normalized spacial score (nSPS) is 25.3. The summed E-state index contributed by atoms with van der Waals surface area (Å²) in [6, 6.07) is 31.1. The van der Waals surface area contributed by atoms with E-state index in [2.05, 4.69) is 0 Å². The van der Waals surface area contributed by atoms with E-state index >= 15 is 0 Å². The molecule has 0 radical (unpaired) electrons. The fourth-order valence-corrected chi connectivity index (χ4v) is 6.25. The van der Waals surface area contributed by atoms with Gasteiger partial charge in [-0.05, 0) is 41.3 Å². The summed E-state index contributed by atoms with van der Waals surface area (Å²) in [5, 5.41) is 34.4. The Morgan fingerprint density at radius 1 is 0.947 bits per heavy atom. The van der Waals surface area contributed by atoms with Crippen LogP contribution in [0.1, 0.15) is 34.6 Å². The van der Waals surface area contributed by atoms with Crippen molar-refractivity contribution < 1.29 is 24.9 Å². The Morgan fingerprint density at radius 2 is 1.61 bits per heavy atom. The molecule has 38 heavy (non-hydrogen) atoms. The van der Waals surface area contributed by atoms with E-state index in [-0.39, 0.29) is 18.9 Å². The van der Waals surface area contributed by atoms with Crippen LogP contribution in [0.3, 0.4) is 0 Å². The number of rotatable bonds is 5. The number of amides is 1. The number of anilines is 1. The van der Waals surface area contributed by atoms with E-state index in [4.69, 9.17) is 16.3 Å². The molecule has 1 aliphatic heterocycles. The number of aliphatic hydroxyl groups is 2. The molecule has 2 aliphatic rings. The van der Waals surface area contributed by atoms with Crippen molar-refractivity contribution in [1.29, 1.82) is 0 Å². The van der Waals surface area contributed by atoms with Crippen molar-refractivity contribution in [2.75, 3.05) is 4.90 Å². The van der Waals surface area contributed by atoms with Crippen LogP contribution in [0.25, 0.3) is 0 Å². The fraction of sp³-hybridized carbons (Fsp3) is 0.194. The Labute approximate surface area is 225 Å². The molecule has 6 nitrogen and oxygen atoms in total. The van der Waals surface area contributed by atoms with Crippen LogP contribution in [0.5, 0.6) is 5.75 Å². The molecule has 3 N–H and O–H groups in total. The molecule has 1 fully saturated rings. The van der Waals surface area contributed by atoms with Crippen molar-refractivity contribution in [2.45, 2.75) is 36.2 Å². The van der Waals surface area contributed by atoms with E-state index < -0.39 is 23.4 Å². The summed E-state index contributed by atoms with van der Waals surface area (Å²) in [6.45, 7) is 0.150. The number of nitrogens with zero attached hydrogens (tertiary/aromatic N) is 1. The van der Waals surface area contributed by atoms with Gasteiger partial charge in [0.15, 0.2) is 11.2 Å². The predicted octanol–water partition coefficient (Wildman–Crippen LogP) is 6.05. The number of hydrogen-bond acceptors (Lipinski definition) is 4. The van der Waals surface area contributed by atoms with E-state index in [0.717, 1.165) is 11.1 Å². The number of halogens is 1. The Hall–Kier alpha value is -3.84. The van der Waals surface area contributed by atoms with Crippen LogP contribution in [0.4, 0.5) is 10.5 Å². The summed E-state index contributed by atoms with van der Waals surface area (Å²) in [5.41, 5.74) is 0.126. The van der Waals surface area contributed by atoms with Gasteiger partial charge < -0.3 is 20.1 Å². The molecule has 0 aromatic heterocycles. The van der Waals surface area contributed by atoms with Gasteiger partial charge in [0.25, 0.3) is 0 Å².